The lowest BCUT2D eigenvalue weighted by molar-refractivity contribution is -0.143. The van der Waals surface area contributed by atoms with E-state index in [1.165, 1.54) is 13.2 Å². The summed E-state index contributed by atoms with van der Waals surface area (Å²) in [7, 11) is 1.43. The van der Waals surface area contributed by atoms with E-state index >= 15 is 0 Å². The van der Waals surface area contributed by atoms with Crippen LogP contribution in [0.25, 0.3) is 0 Å². The molecule has 1 aromatic heterocycles. The maximum atomic E-state index is 12.0. The van der Waals surface area contributed by atoms with Crippen molar-refractivity contribution in [3.05, 3.63) is 16.8 Å². The van der Waals surface area contributed by atoms with Crippen molar-refractivity contribution in [1.82, 2.24) is 4.98 Å². The van der Waals surface area contributed by atoms with Gasteiger partial charge in [-0.1, -0.05) is 11.6 Å². The minimum Gasteiger partial charge on any atom is -0.481 e. The van der Waals surface area contributed by atoms with E-state index < -0.39 is 11.7 Å². The number of nitrogens with one attached hydrogen (secondary N) is 1. The Morgan fingerprint density at radius 3 is 2.54 bits per heavy atom. The molecular formula is C16H23ClN2O5. The number of pyridine rings is 1. The van der Waals surface area contributed by atoms with Gasteiger partial charge in [0.05, 0.1) is 19.4 Å². The smallest absolute Gasteiger partial charge is 0.412 e. The number of nitrogens with zero attached hydrogens (tertiary/aromatic N) is 1. The van der Waals surface area contributed by atoms with Crippen molar-refractivity contribution in [1.29, 1.82) is 0 Å². The lowest BCUT2D eigenvalue weighted by Crippen LogP contribution is -2.27. The van der Waals surface area contributed by atoms with E-state index in [1.807, 2.05) is 0 Å². The van der Waals surface area contributed by atoms with Crippen molar-refractivity contribution in [2.24, 2.45) is 0 Å². The monoisotopic (exact) mass is 358 g/mol. The van der Waals surface area contributed by atoms with E-state index in [0.717, 1.165) is 0 Å². The summed E-state index contributed by atoms with van der Waals surface area (Å²) in [5, 5.41) is 2.77. The number of methoxy groups -OCH3 is 1. The highest BCUT2D eigenvalue weighted by Crippen LogP contribution is 2.29. The first-order chi connectivity index (χ1) is 11.2. The lowest BCUT2D eigenvalue weighted by Gasteiger charge is -2.21. The average molecular weight is 359 g/mol. The third-order valence-electron chi connectivity index (χ3n) is 2.77. The third kappa shape index (κ3) is 6.62. The number of carbonyl (C=O) groups is 2. The van der Waals surface area contributed by atoms with Crippen LogP contribution in [0.4, 0.5) is 10.5 Å². The second-order valence-electron chi connectivity index (χ2n) is 5.91. The normalized spacial score (nSPS) is 10.9. The van der Waals surface area contributed by atoms with Gasteiger partial charge in [-0.15, -0.1) is 0 Å². The maximum absolute atomic E-state index is 12.0. The van der Waals surface area contributed by atoms with Crippen LogP contribution in [-0.2, 0) is 20.7 Å². The summed E-state index contributed by atoms with van der Waals surface area (Å²) in [5.41, 5.74) is 0.280. The second kappa shape index (κ2) is 8.73. The fourth-order valence-corrected chi connectivity index (χ4v) is 2.10. The molecule has 7 nitrogen and oxygen atoms in total. The molecule has 0 aliphatic carbocycles. The highest BCUT2D eigenvalue weighted by Gasteiger charge is 2.20. The highest BCUT2D eigenvalue weighted by atomic mass is 35.5. The predicted octanol–water partition coefficient (Wildman–Crippen LogP) is 3.59. The van der Waals surface area contributed by atoms with Crippen LogP contribution in [-0.4, -0.2) is 36.4 Å². The first-order valence-corrected chi connectivity index (χ1v) is 7.93. The fourth-order valence-electron chi connectivity index (χ4n) is 1.91. The molecule has 1 N–H and O–H groups in total. The number of carbonyl (C=O) groups excluding carboxylic acids is 2. The van der Waals surface area contributed by atoms with Crippen LogP contribution in [0.5, 0.6) is 5.88 Å². The van der Waals surface area contributed by atoms with Gasteiger partial charge < -0.3 is 14.2 Å². The zero-order chi connectivity index (χ0) is 18.3. The zero-order valence-electron chi connectivity index (χ0n) is 14.6. The van der Waals surface area contributed by atoms with Gasteiger partial charge in [-0.2, -0.15) is 0 Å². The molecular weight excluding hydrogens is 336 g/mol. The topological polar surface area (TPSA) is 86.8 Å². The van der Waals surface area contributed by atoms with Gasteiger partial charge in [-0.05, 0) is 40.2 Å². The van der Waals surface area contributed by atoms with Crippen molar-refractivity contribution in [2.75, 3.05) is 19.0 Å². The Kier molecular flexibility index (Phi) is 7.28. The van der Waals surface area contributed by atoms with Crippen molar-refractivity contribution in [3.8, 4) is 5.88 Å². The van der Waals surface area contributed by atoms with E-state index in [9.17, 15) is 9.59 Å². The van der Waals surface area contributed by atoms with Gasteiger partial charge in [0.2, 0.25) is 5.88 Å². The molecule has 0 spiro atoms. The van der Waals surface area contributed by atoms with Crippen molar-refractivity contribution >= 4 is 29.4 Å². The molecule has 1 rings (SSSR count). The minimum absolute atomic E-state index is 0.122. The van der Waals surface area contributed by atoms with Crippen molar-refractivity contribution in [3.63, 3.8) is 0 Å². The summed E-state index contributed by atoms with van der Waals surface area (Å²) < 4.78 is 15.3. The van der Waals surface area contributed by atoms with E-state index in [0.29, 0.717) is 17.9 Å². The summed E-state index contributed by atoms with van der Waals surface area (Å²) in [5.74, 6) is -0.115. The number of hydrogen-bond acceptors (Lipinski definition) is 6. The molecule has 0 saturated carbocycles. The van der Waals surface area contributed by atoms with Crippen LogP contribution < -0.4 is 10.1 Å². The molecule has 1 heterocycles. The van der Waals surface area contributed by atoms with Gasteiger partial charge in [0.1, 0.15) is 10.8 Å². The molecule has 0 saturated heterocycles. The largest absolute Gasteiger partial charge is 0.481 e. The summed E-state index contributed by atoms with van der Waals surface area (Å²) in [6, 6.07) is 1.48. The molecule has 0 bridgehead atoms. The van der Waals surface area contributed by atoms with Crippen LogP contribution in [0.2, 0.25) is 5.15 Å². The fraction of sp³-hybridized carbons (Fsp3) is 0.562. The SMILES string of the molecule is CCOC(=O)CCc1c(NC(=O)OC(C)(C)C)cc(Cl)nc1OC. The zero-order valence-corrected chi connectivity index (χ0v) is 15.3. The number of halogens is 1. The number of rotatable bonds is 6. The predicted molar refractivity (Wildman–Crippen MR) is 90.6 cm³/mol. The first kappa shape index (κ1) is 20.0. The molecule has 0 aliphatic heterocycles. The first-order valence-electron chi connectivity index (χ1n) is 7.55. The van der Waals surface area contributed by atoms with Gasteiger partial charge in [0.15, 0.2) is 0 Å². The maximum Gasteiger partial charge on any atom is 0.412 e. The molecule has 0 fully saturated rings. The minimum atomic E-state index is -0.643. The lowest BCUT2D eigenvalue weighted by atomic mass is 10.1. The Balaban J connectivity index is 3.02. The molecule has 0 radical (unpaired) electrons. The molecule has 1 amide bonds. The van der Waals surface area contributed by atoms with E-state index in [1.54, 1.807) is 27.7 Å². The van der Waals surface area contributed by atoms with Crippen LogP contribution in [0.1, 0.15) is 39.7 Å². The highest BCUT2D eigenvalue weighted by molar-refractivity contribution is 6.29. The van der Waals surface area contributed by atoms with E-state index in [4.69, 9.17) is 25.8 Å². The van der Waals surface area contributed by atoms with Gasteiger partial charge in [-0.25, -0.2) is 9.78 Å². The number of amides is 1. The van der Waals surface area contributed by atoms with Crippen LogP contribution in [0.3, 0.4) is 0 Å². The standard InChI is InChI=1S/C16H23ClN2O5/c1-6-23-13(20)8-7-10-11(9-12(17)19-14(10)22-5)18-15(21)24-16(2,3)4/h9H,6-8H2,1-5H3,(H,18,19,21). The number of anilines is 1. The molecule has 0 unspecified atom stereocenters. The molecule has 0 aromatic carbocycles. The Bertz CT molecular complexity index is 599. The van der Waals surface area contributed by atoms with E-state index in [2.05, 4.69) is 10.3 Å². The molecule has 1 aromatic rings. The van der Waals surface area contributed by atoms with E-state index in [-0.39, 0.29) is 29.8 Å². The summed E-state index contributed by atoms with van der Waals surface area (Å²) in [6.07, 6.45) is -0.238. The van der Waals surface area contributed by atoms with Gasteiger partial charge in [0.25, 0.3) is 0 Å². The summed E-state index contributed by atoms with van der Waals surface area (Å²) >= 11 is 5.95. The van der Waals surface area contributed by atoms with Gasteiger partial charge in [-0.3, -0.25) is 10.1 Å². The van der Waals surface area contributed by atoms with Crippen molar-refractivity contribution < 1.29 is 23.8 Å². The summed E-state index contributed by atoms with van der Waals surface area (Å²) in [6.45, 7) is 7.31. The summed E-state index contributed by atoms with van der Waals surface area (Å²) in [4.78, 5) is 27.6. The molecule has 24 heavy (non-hydrogen) atoms. The number of esters is 1. The Morgan fingerprint density at radius 2 is 2.00 bits per heavy atom. The molecule has 0 aliphatic rings. The average Bonchev–Trinajstić information content (AvgIpc) is 2.43. The number of hydrogen-bond donors (Lipinski definition) is 1. The van der Waals surface area contributed by atoms with Crippen LogP contribution in [0.15, 0.2) is 6.07 Å². The van der Waals surface area contributed by atoms with Crippen LogP contribution in [0, 0.1) is 0 Å². The van der Waals surface area contributed by atoms with Gasteiger partial charge in [0, 0.05) is 12.0 Å². The second-order valence-corrected chi connectivity index (χ2v) is 6.30. The van der Waals surface area contributed by atoms with Crippen molar-refractivity contribution in [2.45, 2.75) is 46.1 Å². The molecule has 0 atom stereocenters. The Hall–Kier alpha value is -2.02. The Labute approximate surface area is 146 Å². The third-order valence-corrected chi connectivity index (χ3v) is 2.96. The van der Waals surface area contributed by atoms with Crippen LogP contribution >= 0.6 is 11.6 Å². The molecule has 8 heteroatoms. The quantitative estimate of drug-likeness (QED) is 0.617. The number of aromatic nitrogens is 1. The Morgan fingerprint density at radius 1 is 1.33 bits per heavy atom. The number of ether oxygens (including phenoxy) is 3. The van der Waals surface area contributed by atoms with Gasteiger partial charge >= 0.3 is 12.1 Å². The molecule has 134 valence electrons.